The zero-order chi connectivity index (χ0) is 16.6. The Labute approximate surface area is 138 Å². The van der Waals surface area contributed by atoms with Gasteiger partial charge < -0.3 is 25.5 Å². The van der Waals surface area contributed by atoms with Crippen molar-refractivity contribution in [1.82, 2.24) is 14.9 Å². The summed E-state index contributed by atoms with van der Waals surface area (Å²) in [5.41, 5.74) is 5.92. The lowest BCUT2D eigenvalue weighted by Crippen LogP contribution is -2.61. The number of anilines is 3. The summed E-state index contributed by atoms with van der Waals surface area (Å²) in [5, 5.41) is 10.0. The highest BCUT2D eigenvalue weighted by Crippen LogP contribution is 2.42. The molecule has 0 radical (unpaired) electrons. The third-order valence-electron chi connectivity index (χ3n) is 5.51. The standard InChI is InChI=1S/C16H28N6O/c1-20(2)13-9-14(19-15(17)18-13)22-8-6-16(11-23)5-4-7-21(3)12(16)10-22/h9,12,23H,4-8,10-11H2,1-3H3,(H2,17,18,19)/t12-,16-/m1/s1. The van der Waals surface area contributed by atoms with Crippen LogP contribution in [0.1, 0.15) is 19.3 Å². The summed E-state index contributed by atoms with van der Waals surface area (Å²) in [5.74, 6) is 2.01. The van der Waals surface area contributed by atoms with E-state index in [2.05, 4.69) is 26.8 Å². The Morgan fingerprint density at radius 3 is 2.83 bits per heavy atom. The zero-order valence-electron chi connectivity index (χ0n) is 14.4. The highest BCUT2D eigenvalue weighted by molar-refractivity contribution is 5.53. The molecule has 23 heavy (non-hydrogen) atoms. The summed E-state index contributed by atoms with van der Waals surface area (Å²) < 4.78 is 0. The number of aliphatic hydroxyl groups is 1. The number of likely N-dealkylation sites (N-methyl/N-ethyl adjacent to an activating group) is 1. The molecule has 1 aromatic rings. The highest BCUT2D eigenvalue weighted by Gasteiger charge is 2.46. The van der Waals surface area contributed by atoms with Gasteiger partial charge in [0, 0.05) is 44.7 Å². The molecule has 7 nitrogen and oxygen atoms in total. The summed E-state index contributed by atoms with van der Waals surface area (Å²) in [7, 11) is 6.07. The van der Waals surface area contributed by atoms with E-state index >= 15 is 0 Å². The predicted octanol–water partition coefficient (Wildman–Crippen LogP) is 0.408. The second-order valence-corrected chi connectivity index (χ2v) is 7.15. The van der Waals surface area contributed by atoms with Crippen molar-refractivity contribution in [2.45, 2.75) is 25.3 Å². The molecule has 0 spiro atoms. The molecule has 0 saturated carbocycles. The van der Waals surface area contributed by atoms with Crippen molar-refractivity contribution in [1.29, 1.82) is 0 Å². The molecule has 3 heterocycles. The number of hydrogen-bond acceptors (Lipinski definition) is 7. The molecule has 3 rings (SSSR count). The third kappa shape index (κ3) is 2.95. The van der Waals surface area contributed by atoms with Crippen LogP contribution in [-0.2, 0) is 0 Å². The van der Waals surface area contributed by atoms with Crippen molar-refractivity contribution in [2.75, 3.05) is 62.9 Å². The maximum atomic E-state index is 10.0. The van der Waals surface area contributed by atoms with E-state index in [1.807, 2.05) is 25.1 Å². The number of likely N-dealkylation sites (tertiary alicyclic amines) is 1. The number of piperidine rings is 2. The first-order chi connectivity index (χ1) is 10.9. The first-order valence-corrected chi connectivity index (χ1v) is 8.33. The molecule has 0 aliphatic carbocycles. The number of nitrogens with two attached hydrogens (primary N) is 1. The fourth-order valence-electron chi connectivity index (χ4n) is 4.06. The van der Waals surface area contributed by atoms with Gasteiger partial charge in [-0.2, -0.15) is 9.97 Å². The van der Waals surface area contributed by atoms with Crippen molar-refractivity contribution in [3.63, 3.8) is 0 Å². The third-order valence-corrected chi connectivity index (χ3v) is 5.51. The summed E-state index contributed by atoms with van der Waals surface area (Å²) in [6.45, 7) is 3.13. The summed E-state index contributed by atoms with van der Waals surface area (Å²) >= 11 is 0. The molecule has 0 unspecified atom stereocenters. The normalized spacial score (nSPS) is 28.5. The fraction of sp³-hybridized carbons (Fsp3) is 0.750. The zero-order valence-corrected chi connectivity index (χ0v) is 14.4. The number of rotatable bonds is 3. The van der Waals surface area contributed by atoms with Gasteiger partial charge in [0.2, 0.25) is 5.95 Å². The van der Waals surface area contributed by atoms with E-state index in [1.54, 1.807) is 0 Å². The minimum absolute atomic E-state index is 0.0342. The Morgan fingerprint density at radius 2 is 2.13 bits per heavy atom. The molecule has 2 fully saturated rings. The molecular weight excluding hydrogens is 292 g/mol. The summed E-state index contributed by atoms with van der Waals surface area (Å²) in [6.07, 6.45) is 3.26. The Balaban J connectivity index is 1.86. The van der Waals surface area contributed by atoms with Gasteiger partial charge in [0.15, 0.2) is 0 Å². The van der Waals surface area contributed by atoms with Gasteiger partial charge in [-0.1, -0.05) is 0 Å². The Kier molecular flexibility index (Phi) is 4.33. The molecule has 0 bridgehead atoms. The van der Waals surface area contributed by atoms with Crippen LogP contribution in [0.15, 0.2) is 6.07 Å². The SMILES string of the molecule is CN(C)c1cc(N2CC[C@@]3(CO)CCCN(C)[C@@H]3C2)nc(N)n1. The lowest BCUT2D eigenvalue weighted by Gasteiger charge is -2.53. The molecule has 3 N–H and O–H groups in total. The maximum absolute atomic E-state index is 10.0. The lowest BCUT2D eigenvalue weighted by molar-refractivity contribution is -0.0277. The average molecular weight is 320 g/mol. The molecule has 0 amide bonds. The molecule has 2 aliphatic heterocycles. The average Bonchev–Trinajstić information content (AvgIpc) is 2.54. The van der Waals surface area contributed by atoms with Crippen LogP contribution in [-0.4, -0.2) is 73.4 Å². The van der Waals surface area contributed by atoms with Gasteiger partial charge in [-0.25, -0.2) is 0 Å². The van der Waals surface area contributed by atoms with Crippen LogP contribution in [0.4, 0.5) is 17.6 Å². The molecule has 7 heteroatoms. The molecule has 0 aromatic carbocycles. The predicted molar refractivity (Wildman–Crippen MR) is 92.8 cm³/mol. The van der Waals surface area contributed by atoms with E-state index in [1.165, 1.54) is 6.42 Å². The number of aromatic nitrogens is 2. The molecule has 2 aliphatic rings. The van der Waals surface area contributed by atoms with Crippen molar-refractivity contribution >= 4 is 17.6 Å². The van der Waals surface area contributed by atoms with Gasteiger partial charge in [-0.3, -0.25) is 0 Å². The Hall–Kier alpha value is -1.60. The van der Waals surface area contributed by atoms with E-state index in [4.69, 9.17) is 5.73 Å². The van der Waals surface area contributed by atoms with Gasteiger partial charge in [0.25, 0.3) is 0 Å². The first kappa shape index (κ1) is 16.3. The van der Waals surface area contributed by atoms with Crippen LogP contribution in [0.2, 0.25) is 0 Å². The number of nitrogen functional groups attached to an aromatic ring is 1. The summed E-state index contributed by atoms with van der Waals surface area (Å²) in [6, 6.07) is 2.35. The Bertz CT molecular complexity index is 566. The van der Waals surface area contributed by atoms with Crippen LogP contribution in [0.5, 0.6) is 0 Å². The molecule has 2 atom stereocenters. The molecule has 128 valence electrons. The van der Waals surface area contributed by atoms with Crippen LogP contribution in [0.25, 0.3) is 0 Å². The number of aliphatic hydroxyl groups excluding tert-OH is 1. The molecule has 2 saturated heterocycles. The highest BCUT2D eigenvalue weighted by atomic mass is 16.3. The van der Waals surface area contributed by atoms with Crippen molar-refractivity contribution in [3.05, 3.63) is 6.07 Å². The van der Waals surface area contributed by atoms with Crippen molar-refractivity contribution in [2.24, 2.45) is 5.41 Å². The molecule has 1 aromatic heterocycles. The van der Waals surface area contributed by atoms with Crippen LogP contribution < -0.4 is 15.5 Å². The van der Waals surface area contributed by atoms with Crippen molar-refractivity contribution in [3.8, 4) is 0 Å². The largest absolute Gasteiger partial charge is 0.396 e. The molecular formula is C16H28N6O. The minimum Gasteiger partial charge on any atom is -0.396 e. The van der Waals surface area contributed by atoms with Gasteiger partial charge in [-0.15, -0.1) is 0 Å². The van der Waals surface area contributed by atoms with E-state index in [0.717, 1.165) is 44.1 Å². The van der Waals surface area contributed by atoms with Gasteiger partial charge in [-0.05, 0) is 32.9 Å². The smallest absolute Gasteiger partial charge is 0.223 e. The van der Waals surface area contributed by atoms with Gasteiger partial charge >= 0.3 is 0 Å². The second-order valence-electron chi connectivity index (χ2n) is 7.15. The van der Waals surface area contributed by atoms with E-state index in [-0.39, 0.29) is 12.0 Å². The van der Waals surface area contributed by atoms with Gasteiger partial charge in [0.05, 0.1) is 6.61 Å². The topological polar surface area (TPSA) is 81.8 Å². The second kappa shape index (κ2) is 6.13. The van der Waals surface area contributed by atoms with E-state index in [0.29, 0.717) is 12.0 Å². The van der Waals surface area contributed by atoms with Crippen LogP contribution in [0, 0.1) is 5.41 Å². The fourth-order valence-corrected chi connectivity index (χ4v) is 4.06. The first-order valence-electron chi connectivity index (χ1n) is 8.33. The Morgan fingerprint density at radius 1 is 1.35 bits per heavy atom. The number of fused-ring (bicyclic) bond motifs is 1. The van der Waals surface area contributed by atoms with E-state index in [9.17, 15) is 5.11 Å². The van der Waals surface area contributed by atoms with Crippen molar-refractivity contribution < 1.29 is 5.11 Å². The minimum atomic E-state index is 0.0342. The lowest BCUT2D eigenvalue weighted by atomic mass is 9.69. The van der Waals surface area contributed by atoms with E-state index < -0.39 is 0 Å². The number of nitrogens with zero attached hydrogens (tertiary/aromatic N) is 5. The number of hydrogen-bond donors (Lipinski definition) is 2. The van der Waals surface area contributed by atoms with Crippen LogP contribution >= 0.6 is 0 Å². The van der Waals surface area contributed by atoms with Crippen LogP contribution in [0.3, 0.4) is 0 Å². The summed E-state index contributed by atoms with van der Waals surface area (Å²) in [4.78, 5) is 15.3. The quantitative estimate of drug-likeness (QED) is 0.834. The van der Waals surface area contributed by atoms with Gasteiger partial charge in [0.1, 0.15) is 11.6 Å². The maximum Gasteiger partial charge on any atom is 0.223 e. The monoisotopic (exact) mass is 320 g/mol.